The van der Waals surface area contributed by atoms with Gasteiger partial charge in [-0.2, -0.15) is 13.2 Å². The van der Waals surface area contributed by atoms with Gasteiger partial charge in [-0.3, -0.25) is 4.79 Å². The van der Waals surface area contributed by atoms with Crippen LogP contribution in [0, 0.1) is 6.92 Å². The minimum Gasteiger partial charge on any atom is -0.452 e. The van der Waals surface area contributed by atoms with Crippen LogP contribution in [-0.4, -0.2) is 18.5 Å². The first-order valence-electron chi connectivity index (χ1n) is 9.07. The lowest BCUT2D eigenvalue weighted by Crippen LogP contribution is -2.32. The van der Waals surface area contributed by atoms with Crippen molar-refractivity contribution in [3.8, 4) is 0 Å². The van der Waals surface area contributed by atoms with Crippen molar-refractivity contribution in [2.24, 2.45) is 0 Å². The molecule has 154 valence electrons. The SMILES string of the molecule is CC[C@@H](NC(=O)COC(=O)/C=C/c1cccc(C(F)(F)F)c1)c1ccc(C)cc1. The molecular weight excluding hydrogens is 383 g/mol. The van der Waals surface area contributed by atoms with Crippen LogP contribution >= 0.6 is 0 Å². The summed E-state index contributed by atoms with van der Waals surface area (Å²) in [6.45, 7) is 3.42. The number of hydrogen-bond acceptors (Lipinski definition) is 3. The van der Waals surface area contributed by atoms with Crippen LogP contribution in [0.15, 0.2) is 54.6 Å². The molecule has 2 aromatic carbocycles. The van der Waals surface area contributed by atoms with E-state index in [0.29, 0.717) is 6.42 Å². The van der Waals surface area contributed by atoms with Crippen LogP contribution in [0.25, 0.3) is 6.08 Å². The summed E-state index contributed by atoms with van der Waals surface area (Å²) in [7, 11) is 0. The van der Waals surface area contributed by atoms with Crippen LogP contribution in [0.3, 0.4) is 0 Å². The van der Waals surface area contributed by atoms with Crippen LogP contribution < -0.4 is 5.32 Å². The average molecular weight is 405 g/mol. The van der Waals surface area contributed by atoms with E-state index in [0.717, 1.165) is 29.3 Å². The Morgan fingerprint density at radius 2 is 1.83 bits per heavy atom. The quantitative estimate of drug-likeness (QED) is 0.530. The molecule has 7 heteroatoms. The van der Waals surface area contributed by atoms with Gasteiger partial charge in [0, 0.05) is 6.08 Å². The highest BCUT2D eigenvalue weighted by molar-refractivity contribution is 5.89. The van der Waals surface area contributed by atoms with Gasteiger partial charge in [0.05, 0.1) is 11.6 Å². The zero-order valence-corrected chi connectivity index (χ0v) is 16.1. The topological polar surface area (TPSA) is 55.4 Å². The molecule has 1 amide bonds. The van der Waals surface area contributed by atoms with Crippen molar-refractivity contribution >= 4 is 18.0 Å². The van der Waals surface area contributed by atoms with E-state index in [-0.39, 0.29) is 11.6 Å². The number of alkyl halides is 3. The van der Waals surface area contributed by atoms with E-state index < -0.39 is 30.2 Å². The number of carbonyl (C=O) groups is 2. The Morgan fingerprint density at radius 3 is 2.45 bits per heavy atom. The summed E-state index contributed by atoms with van der Waals surface area (Å²) in [6.07, 6.45) is -1.61. The van der Waals surface area contributed by atoms with Crippen molar-refractivity contribution < 1.29 is 27.5 Å². The summed E-state index contributed by atoms with van der Waals surface area (Å²) in [5.74, 6) is -1.28. The summed E-state index contributed by atoms with van der Waals surface area (Å²) < 4.78 is 42.9. The Bertz CT molecular complexity index is 874. The molecule has 2 rings (SSSR count). The van der Waals surface area contributed by atoms with E-state index in [1.54, 1.807) is 0 Å². The molecule has 0 saturated carbocycles. The Kier molecular flexibility index (Phi) is 7.59. The predicted octanol–water partition coefficient (Wildman–Crippen LogP) is 4.84. The summed E-state index contributed by atoms with van der Waals surface area (Å²) in [6, 6.07) is 12.1. The number of aryl methyl sites for hydroxylation is 1. The fourth-order valence-electron chi connectivity index (χ4n) is 2.62. The number of hydrogen-bond donors (Lipinski definition) is 1. The highest BCUT2D eigenvalue weighted by Gasteiger charge is 2.30. The summed E-state index contributed by atoms with van der Waals surface area (Å²) in [5.41, 5.74) is 1.44. The Balaban J connectivity index is 1.87. The Hall–Kier alpha value is -3.09. The highest BCUT2D eigenvalue weighted by atomic mass is 19.4. The van der Waals surface area contributed by atoms with Crippen LogP contribution in [0.2, 0.25) is 0 Å². The third-order valence-electron chi connectivity index (χ3n) is 4.19. The second-order valence-electron chi connectivity index (χ2n) is 6.50. The van der Waals surface area contributed by atoms with E-state index in [1.165, 1.54) is 18.2 Å². The van der Waals surface area contributed by atoms with Crippen molar-refractivity contribution in [2.75, 3.05) is 6.61 Å². The number of nitrogens with one attached hydrogen (secondary N) is 1. The van der Waals surface area contributed by atoms with Gasteiger partial charge in [0.1, 0.15) is 0 Å². The fourth-order valence-corrected chi connectivity index (χ4v) is 2.62. The van der Waals surface area contributed by atoms with Crippen LogP contribution in [0.1, 0.15) is 41.6 Å². The molecular formula is C22H22F3NO3. The molecule has 29 heavy (non-hydrogen) atoms. The first-order chi connectivity index (χ1) is 13.7. The summed E-state index contributed by atoms with van der Waals surface area (Å²) in [4.78, 5) is 23.8. The number of benzene rings is 2. The largest absolute Gasteiger partial charge is 0.452 e. The molecule has 4 nitrogen and oxygen atoms in total. The molecule has 2 aromatic rings. The number of rotatable bonds is 7. The van der Waals surface area contributed by atoms with Crippen molar-refractivity contribution in [3.05, 3.63) is 76.9 Å². The normalized spacial score (nSPS) is 12.6. The Morgan fingerprint density at radius 1 is 1.14 bits per heavy atom. The lowest BCUT2D eigenvalue weighted by atomic mass is 10.0. The highest BCUT2D eigenvalue weighted by Crippen LogP contribution is 2.29. The third kappa shape index (κ3) is 7.10. The molecule has 0 aliphatic carbocycles. The summed E-state index contributed by atoms with van der Waals surface area (Å²) in [5, 5.41) is 2.79. The van der Waals surface area contributed by atoms with Gasteiger partial charge >= 0.3 is 12.1 Å². The van der Waals surface area contributed by atoms with Crippen LogP contribution in [-0.2, 0) is 20.5 Å². The second-order valence-corrected chi connectivity index (χ2v) is 6.50. The van der Waals surface area contributed by atoms with Gasteiger partial charge in [-0.05, 0) is 42.7 Å². The monoisotopic (exact) mass is 405 g/mol. The maximum Gasteiger partial charge on any atom is 0.416 e. The Labute approximate surface area is 167 Å². The molecule has 0 unspecified atom stereocenters. The number of halogens is 3. The van der Waals surface area contributed by atoms with E-state index >= 15 is 0 Å². The van der Waals surface area contributed by atoms with Gasteiger partial charge < -0.3 is 10.1 Å². The van der Waals surface area contributed by atoms with E-state index in [4.69, 9.17) is 4.74 Å². The molecule has 1 N–H and O–H groups in total. The number of ether oxygens (including phenoxy) is 1. The molecule has 0 saturated heterocycles. The minimum absolute atomic E-state index is 0.201. The van der Waals surface area contributed by atoms with Gasteiger partial charge in [0.25, 0.3) is 5.91 Å². The number of amides is 1. The maximum atomic E-state index is 12.7. The molecule has 0 aromatic heterocycles. The van der Waals surface area contributed by atoms with E-state index in [1.807, 2.05) is 38.1 Å². The molecule has 0 radical (unpaired) electrons. The lowest BCUT2D eigenvalue weighted by Gasteiger charge is -2.17. The van der Waals surface area contributed by atoms with Crippen LogP contribution in [0.5, 0.6) is 0 Å². The van der Waals surface area contributed by atoms with Gasteiger partial charge in [-0.1, -0.05) is 48.9 Å². The zero-order valence-electron chi connectivity index (χ0n) is 16.1. The average Bonchev–Trinajstić information content (AvgIpc) is 2.69. The smallest absolute Gasteiger partial charge is 0.416 e. The van der Waals surface area contributed by atoms with Gasteiger partial charge in [-0.15, -0.1) is 0 Å². The van der Waals surface area contributed by atoms with Crippen molar-refractivity contribution in [1.29, 1.82) is 0 Å². The maximum absolute atomic E-state index is 12.7. The van der Waals surface area contributed by atoms with Gasteiger partial charge in [0.2, 0.25) is 0 Å². The summed E-state index contributed by atoms with van der Waals surface area (Å²) >= 11 is 0. The molecule has 1 atom stereocenters. The fraction of sp³-hybridized carbons (Fsp3) is 0.273. The molecule has 0 aliphatic heterocycles. The molecule has 0 spiro atoms. The van der Waals surface area contributed by atoms with Crippen molar-refractivity contribution in [1.82, 2.24) is 5.32 Å². The minimum atomic E-state index is -4.46. The van der Waals surface area contributed by atoms with E-state index in [9.17, 15) is 22.8 Å². The van der Waals surface area contributed by atoms with E-state index in [2.05, 4.69) is 5.32 Å². The molecule has 0 aliphatic rings. The standard InChI is InChI=1S/C22H22F3NO3/c1-3-19(17-10-7-15(2)8-11-17)26-20(27)14-29-21(28)12-9-16-5-4-6-18(13-16)22(23,24)25/h4-13,19H,3,14H2,1-2H3,(H,26,27)/b12-9+/t19-/m1/s1. The number of esters is 1. The van der Waals surface area contributed by atoms with Gasteiger partial charge in [0.15, 0.2) is 6.61 Å². The van der Waals surface area contributed by atoms with Crippen molar-refractivity contribution in [2.45, 2.75) is 32.5 Å². The third-order valence-corrected chi connectivity index (χ3v) is 4.19. The zero-order chi connectivity index (χ0) is 21.4. The first kappa shape index (κ1) is 22.2. The van der Waals surface area contributed by atoms with Crippen LogP contribution in [0.4, 0.5) is 13.2 Å². The molecule has 0 fully saturated rings. The van der Waals surface area contributed by atoms with Crippen molar-refractivity contribution in [3.63, 3.8) is 0 Å². The molecule has 0 heterocycles. The number of carbonyl (C=O) groups excluding carboxylic acids is 2. The second kappa shape index (κ2) is 9.91. The predicted molar refractivity (Wildman–Crippen MR) is 104 cm³/mol. The van der Waals surface area contributed by atoms with Gasteiger partial charge in [-0.25, -0.2) is 4.79 Å². The molecule has 0 bridgehead atoms. The lowest BCUT2D eigenvalue weighted by molar-refractivity contribution is -0.144. The first-order valence-corrected chi connectivity index (χ1v) is 9.07.